The molecule has 1 aliphatic heterocycles. The molecular formula is C12H20N4O. The van der Waals surface area contributed by atoms with Crippen molar-refractivity contribution >= 4 is 0 Å². The number of hydrazine groups is 1. The normalized spacial score (nSPS) is 17.5. The first-order valence-corrected chi connectivity index (χ1v) is 5.92. The predicted octanol–water partition coefficient (Wildman–Crippen LogP) is 1.24. The average Bonchev–Trinajstić information content (AvgIpc) is 2.58. The Hall–Kier alpha value is -1.33. The van der Waals surface area contributed by atoms with Crippen molar-refractivity contribution in [2.75, 3.05) is 6.61 Å². The lowest BCUT2D eigenvalue weighted by atomic mass is 9.94. The zero-order valence-electron chi connectivity index (χ0n) is 10.7. The van der Waals surface area contributed by atoms with Gasteiger partial charge in [-0.1, -0.05) is 0 Å². The van der Waals surface area contributed by atoms with Crippen molar-refractivity contribution in [3.63, 3.8) is 0 Å². The summed E-state index contributed by atoms with van der Waals surface area (Å²) in [5, 5.41) is 4.43. The van der Waals surface area contributed by atoms with Gasteiger partial charge in [-0.3, -0.25) is 10.5 Å². The quantitative estimate of drug-likeness (QED) is 0.612. The smallest absolute Gasteiger partial charge is 0.0876 e. The fraction of sp³-hybridized carbons (Fsp3) is 0.583. The minimum atomic E-state index is 0.00370. The summed E-state index contributed by atoms with van der Waals surface area (Å²) in [6, 6.07) is 0.00370. The highest BCUT2D eigenvalue weighted by Gasteiger charge is 2.23. The Bertz CT molecular complexity index is 436. The number of aryl methyl sites for hydroxylation is 2. The van der Waals surface area contributed by atoms with Crippen molar-refractivity contribution in [1.29, 1.82) is 0 Å². The minimum Gasteiger partial charge on any atom is -0.501 e. The van der Waals surface area contributed by atoms with Gasteiger partial charge in [-0.05, 0) is 32.3 Å². The molecule has 0 aliphatic carbocycles. The molecular weight excluding hydrogens is 216 g/mol. The number of hydrogen-bond acceptors (Lipinski definition) is 4. The minimum absolute atomic E-state index is 0.00370. The molecule has 2 heterocycles. The number of nitrogens with zero attached hydrogens (tertiary/aromatic N) is 2. The fourth-order valence-electron chi connectivity index (χ4n) is 2.38. The lowest BCUT2D eigenvalue weighted by Crippen LogP contribution is -2.31. The molecule has 0 saturated heterocycles. The number of hydrogen-bond donors (Lipinski definition) is 2. The maximum absolute atomic E-state index is 5.70. The Morgan fingerprint density at radius 1 is 1.53 bits per heavy atom. The molecule has 0 aromatic carbocycles. The van der Waals surface area contributed by atoms with E-state index in [9.17, 15) is 0 Å². The van der Waals surface area contributed by atoms with Crippen LogP contribution in [0.2, 0.25) is 0 Å². The molecule has 1 aliphatic rings. The summed E-state index contributed by atoms with van der Waals surface area (Å²) in [5.74, 6) is 5.70. The molecule has 1 atom stereocenters. The molecule has 17 heavy (non-hydrogen) atoms. The third-order valence-corrected chi connectivity index (χ3v) is 3.35. The van der Waals surface area contributed by atoms with E-state index in [1.165, 1.54) is 5.57 Å². The van der Waals surface area contributed by atoms with Gasteiger partial charge in [0.1, 0.15) is 0 Å². The molecule has 3 N–H and O–H groups in total. The number of ether oxygens (including phenoxy) is 1. The average molecular weight is 236 g/mol. The third-order valence-electron chi connectivity index (χ3n) is 3.35. The summed E-state index contributed by atoms with van der Waals surface area (Å²) in [6.45, 7) is 4.87. The second-order valence-electron chi connectivity index (χ2n) is 4.47. The van der Waals surface area contributed by atoms with Crippen LogP contribution in [0.25, 0.3) is 0 Å². The second kappa shape index (κ2) is 4.89. The van der Waals surface area contributed by atoms with Crippen LogP contribution >= 0.6 is 0 Å². The molecule has 94 valence electrons. The summed E-state index contributed by atoms with van der Waals surface area (Å²) < 4.78 is 7.28. The fourth-order valence-corrected chi connectivity index (χ4v) is 2.38. The van der Waals surface area contributed by atoms with Crippen LogP contribution in [0.5, 0.6) is 0 Å². The zero-order valence-corrected chi connectivity index (χ0v) is 10.7. The SMILES string of the molecule is Cc1nn(C)c(C)c1C(NN)C1=COCCC1. The largest absolute Gasteiger partial charge is 0.501 e. The summed E-state index contributed by atoms with van der Waals surface area (Å²) in [4.78, 5) is 0. The summed E-state index contributed by atoms with van der Waals surface area (Å²) >= 11 is 0. The van der Waals surface area contributed by atoms with E-state index in [2.05, 4.69) is 17.4 Å². The molecule has 1 unspecified atom stereocenters. The van der Waals surface area contributed by atoms with Crippen LogP contribution in [-0.2, 0) is 11.8 Å². The van der Waals surface area contributed by atoms with Crippen molar-refractivity contribution in [3.05, 3.63) is 28.8 Å². The molecule has 2 rings (SSSR count). The van der Waals surface area contributed by atoms with Gasteiger partial charge in [0.15, 0.2) is 0 Å². The number of nitrogens with one attached hydrogen (secondary N) is 1. The van der Waals surface area contributed by atoms with E-state index in [0.717, 1.165) is 36.4 Å². The van der Waals surface area contributed by atoms with E-state index in [1.54, 1.807) is 0 Å². The van der Waals surface area contributed by atoms with Crippen LogP contribution in [0.4, 0.5) is 0 Å². The molecule has 0 fully saturated rings. The highest BCUT2D eigenvalue weighted by molar-refractivity contribution is 5.34. The maximum atomic E-state index is 5.70. The molecule has 1 aromatic rings. The van der Waals surface area contributed by atoms with Gasteiger partial charge in [0.05, 0.1) is 24.6 Å². The molecule has 5 heteroatoms. The predicted molar refractivity (Wildman–Crippen MR) is 66.0 cm³/mol. The maximum Gasteiger partial charge on any atom is 0.0876 e. The highest BCUT2D eigenvalue weighted by Crippen LogP contribution is 2.30. The van der Waals surface area contributed by atoms with Gasteiger partial charge in [0, 0.05) is 18.3 Å². The molecule has 1 aromatic heterocycles. The van der Waals surface area contributed by atoms with Gasteiger partial charge < -0.3 is 4.74 Å². The van der Waals surface area contributed by atoms with Gasteiger partial charge in [-0.25, -0.2) is 5.43 Å². The van der Waals surface area contributed by atoms with Gasteiger partial charge in [0.2, 0.25) is 0 Å². The zero-order chi connectivity index (χ0) is 12.4. The van der Waals surface area contributed by atoms with Crippen LogP contribution in [0, 0.1) is 13.8 Å². The van der Waals surface area contributed by atoms with E-state index in [0.29, 0.717) is 0 Å². The van der Waals surface area contributed by atoms with Crippen LogP contribution in [0.1, 0.15) is 35.8 Å². The Morgan fingerprint density at radius 3 is 2.76 bits per heavy atom. The van der Waals surface area contributed by atoms with Crippen LogP contribution in [-0.4, -0.2) is 16.4 Å². The molecule has 5 nitrogen and oxygen atoms in total. The number of nitrogens with two attached hydrogens (primary N) is 1. The highest BCUT2D eigenvalue weighted by atomic mass is 16.5. The molecule has 0 bridgehead atoms. The Kier molecular flexibility index (Phi) is 3.49. The topological polar surface area (TPSA) is 65.1 Å². The molecule has 0 radical (unpaired) electrons. The first kappa shape index (κ1) is 12.1. The van der Waals surface area contributed by atoms with Crippen LogP contribution in [0.15, 0.2) is 11.8 Å². The van der Waals surface area contributed by atoms with E-state index < -0.39 is 0 Å². The number of rotatable bonds is 3. The molecule has 0 spiro atoms. The Labute approximate surface area is 102 Å². The summed E-state index contributed by atoms with van der Waals surface area (Å²) in [6.07, 6.45) is 3.89. The summed E-state index contributed by atoms with van der Waals surface area (Å²) in [5.41, 5.74) is 7.38. The first-order chi connectivity index (χ1) is 8.15. The summed E-state index contributed by atoms with van der Waals surface area (Å²) in [7, 11) is 1.95. The van der Waals surface area contributed by atoms with Crippen molar-refractivity contribution in [2.45, 2.75) is 32.7 Å². The van der Waals surface area contributed by atoms with E-state index in [1.807, 2.05) is 24.9 Å². The van der Waals surface area contributed by atoms with Crippen LogP contribution < -0.4 is 11.3 Å². The molecule has 0 amide bonds. The van der Waals surface area contributed by atoms with Gasteiger partial charge in [0.25, 0.3) is 0 Å². The lowest BCUT2D eigenvalue weighted by molar-refractivity contribution is 0.219. The van der Waals surface area contributed by atoms with E-state index in [4.69, 9.17) is 10.6 Å². The van der Waals surface area contributed by atoms with Gasteiger partial charge >= 0.3 is 0 Å². The lowest BCUT2D eigenvalue weighted by Gasteiger charge is -2.23. The number of aromatic nitrogens is 2. The van der Waals surface area contributed by atoms with Crippen molar-refractivity contribution in [2.24, 2.45) is 12.9 Å². The monoisotopic (exact) mass is 236 g/mol. The van der Waals surface area contributed by atoms with Crippen molar-refractivity contribution in [1.82, 2.24) is 15.2 Å². The Balaban J connectivity index is 2.37. The van der Waals surface area contributed by atoms with Gasteiger partial charge in [-0.15, -0.1) is 0 Å². The third kappa shape index (κ3) is 2.21. The van der Waals surface area contributed by atoms with Gasteiger partial charge in [-0.2, -0.15) is 5.10 Å². The first-order valence-electron chi connectivity index (χ1n) is 5.92. The van der Waals surface area contributed by atoms with Crippen LogP contribution in [0.3, 0.4) is 0 Å². The van der Waals surface area contributed by atoms with Crippen molar-refractivity contribution < 1.29 is 4.74 Å². The van der Waals surface area contributed by atoms with Crippen molar-refractivity contribution in [3.8, 4) is 0 Å². The standard InChI is InChI=1S/C12H20N4O/c1-8-11(9(2)16(3)15-8)12(14-13)10-5-4-6-17-7-10/h7,12,14H,4-6,13H2,1-3H3. The molecule has 0 saturated carbocycles. The second-order valence-corrected chi connectivity index (χ2v) is 4.47. The van der Waals surface area contributed by atoms with E-state index in [-0.39, 0.29) is 6.04 Å². The Morgan fingerprint density at radius 2 is 2.29 bits per heavy atom. The van der Waals surface area contributed by atoms with E-state index >= 15 is 0 Å².